The largest absolute Gasteiger partial charge is 0.491 e. The summed E-state index contributed by atoms with van der Waals surface area (Å²) in [5, 5.41) is 0. The van der Waals surface area contributed by atoms with Crippen molar-refractivity contribution in [1.29, 1.82) is 0 Å². The highest BCUT2D eigenvalue weighted by molar-refractivity contribution is 5.92. The molecular formula is C24H28O6. The van der Waals surface area contributed by atoms with Crippen LogP contribution in [0.2, 0.25) is 0 Å². The Morgan fingerprint density at radius 1 is 0.933 bits per heavy atom. The first-order valence-electron chi connectivity index (χ1n) is 9.94. The number of carbonyl (C=O) groups is 2. The van der Waals surface area contributed by atoms with E-state index in [1.165, 1.54) is 0 Å². The van der Waals surface area contributed by atoms with Crippen molar-refractivity contribution in [1.82, 2.24) is 0 Å². The van der Waals surface area contributed by atoms with Crippen LogP contribution in [0, 0.1) is 5.92 Å². The maximum absolute atomic E-state index is 12.3. The van der Waals surface area contributed by atoms with E-state index in [1.807, 2.05) is 13.8 Å². The van der Waals surface area contributed by atoms with Crippen molar-refractivity contribution in [3.63, 3.8) is 0 Å². The highest BCUT2D eigenvalue weighted by Crippen LogP contribution is 2.17. The molecule has 0 saturated carbocycles. The van der Waals surface area contributed by atoms with Crippen LogP contribution in [-0.4, -0.2) is 38.4 Å². The second kappa shape index (κ2) is 12.4. The second-order valence-corrected chi connectivity index (χ2v) is 6.76. The first kappa shape index (κ1) is 23.2. The first-order chi connectivity index (χ1) is 14.5. The molecule has 2 aromatic rings. The van der Waals surface area contributed by atoms with E-state index in [-0.39, 0.29) is 0 Å². The van der Waals surface area contributed by atoms with Gasteiger partial charge in [0.05, 0.1) is 30.9 Å². The fraction of sp³-hybridized carbons (Fsp3) is 0.333. The number of esters is 2. The Morgan fingerprint density at radius 3 is 2.13 bits per heavy atom. The van der Waals surface area contributed by atoms with Gasteiger partial charge in [-0.3, -0.25) is 0 Å². The smallest absolute Gasteiger partial charge is 0.343 e. The van der Waals surface area contributed by atoms with Crippen LogP contribution in [0.3, 0.4) is 0 Å². The third-order valence-electron chi connectivity index (χ3n) is 4.32. The molecule has 0 spiro atoms. The van der Waals surface area contributed by atoms with Gasteiger partial charge in [-0.1, -0.05) is 26.3 Å². The van der Waals surface area contributed by atoms with Crippen molar-refractivity contribution in [2.24, 2.45) is 5.92 Å². The van der Waals surface area contributed by atoms with Crippen molar-refractivity contribution in [3.05, 3.63) is 72.3 Å². The van der Waals surface area contributed by atoms with Gasteiger partial charge in [0.1, 0.15) is 18.1 Å². The molecule has 1 atom stereocenters. The van der Waals surface area contributed by atoms with Crippen molar-refractivity contribution in [2.45, 2.75) is 20.3 Å². The molecule has 0 saturated heterocycles. The van der Waals surface area contributed by atoms with Crippen LogP contribution in [-0.2, 0) is 9.47 Å². The average Bonchev–Trinajstić information content (AvgIpc) is 2.78. The Labute approximate surface area is 177 Å². The van der Waals surface area contributed by atoms with E-state index in [1.54, 1.807) is 54.6 Å². The number of rotatable bonds is 12. The van der Waals surface area contributed by atoms with Gasteiger partial charge in [0.2, 0.25) is 0 Å². The summed E-state index contributed by atoms with van der Waals surface area (Å²) in [7, 11) is 0. The van der Waals surface area contributed by atoms with Crippen molar-refractivity contribution >= 4 is 11.9 Å². The molecule has 2 aromatic carbocycles. The molecule has 0 amide bonds. The summed E-state index contributed by atoms with van der Waals surface area (Å²) >= 11 is 0. The van der Waals surface area contributed by atoms with E-state index in [0.717, 1.165) is 6.42 Å². The third kappa shape index (κ3) is 7.72. The molecule has 6 nitrogen and oxygen atoms in total. The van der Waals surface area contributed by atoms with Crippen LogP contribution in [0.15, 0.2) is 61.2 Å². The molecule has 0 radical (unpaired) electrons. The van der Waals surface area contributed by atoms with Crippen LogP contribution < -0.4 is 9.47 Å². The number of hydrogen-bond acceptors (Lipinski definition) is 6. The minimum Gasteiger partial charge on any atom is -0.491 e. The molecule has 0 aliphatic carbocycles. The molecular weight excluding hydrogens is 384 g/mol. The lowest BCUT2D eigenvalue weighted by molar-refractivity contribution is 0.0447. The van der Waals surface area contributed by atoms with E-state index in [4.69, 9.17) is 18.9 Å². The SMILES string of the molecule is C=CCOCCOc1ccc(C(=O)Oc2ccc(C(=O)OCC(C)CC)cc2)cc1. The topological polar surface area (TPSA) is 71.1 Å². The maximum Gasteiger partial charge on any atom is 0.343 e. The van der Waals surface area contributed by atoms with E-state index in [0.29, 0.717) is 55.0 Å². The summed E-state index contributed by atoms with van der Waals surface area (Å²) < 4.78 is 21.4. The Bertz CT molecular complexity index is 811. The van der Waals surface area contributed by atoms with Gasteiger partial charge in [-0.2, -0.15) is 0 Å². The fourth-order valence-electron chi connectivity index (χ4n) is 2.32. The van der Waals surface area contributed by atoms with E-state index in [9.17, 15) is 9.59 Å². The Balaban J connectivity index is 1.83. The first-order valence-corrected chi connectivity index (χ1v) is 9.94. The zero-order chi connectivity index (χ0) is 21.8. The minimum atomic E-state index is -0.497. The lowest BCUT2D eigenvalue weighted by Gasteiger charge is -2.10. The number of benzene rings is 2. The fourth-order valence-corrected chi connectivity index (χ4v) is 2.32. The number of ether oxygens (including phenoxy) is 4. The maximum atomic E-state index is 12.3. The summed E-state index contributed by atoms with van der Waals surface area (Å²) in [5.74, 6) is 0.408. The Morgan fingerprint density at radius 2 is 1.53 bits per heavy atom. The monoisotopic (exact) mass is 412 g/mol. The standard InChI is InChI=1S/C24H28O6/c1-4-14-27-15-16-28-21-10-6-20(7-11-21)24(26)30-22-12-8-19(9-13-22)23(25)29-17-18(3)5-2/h4,6-13,18H,1,5,14-17H2,2-3H3. The third-order valence-corrected chi connectivity index (χ3v) is 4.32. The minimum absolute atomic E-state index is 0.316. The van der Waals surface area contributed by atoms with Gasteiger partial charge in [-0.05, 0) is 54.4 Å². The van der Waals surface area contributed by atoms with Crippen molar-refractivity contribution < 1.29 is 28.5 Å². The molecule has 0 heterocycles. The molecule has 0 bridgehead atoms. The van der Waals surface area contributed by atoms with Gasteiger partial charge in [0.25, 0.3) is 0 Å². The van der Waals surface area contributed by atoms with Crippen LogP contribution in [0.25, 0.3) is 0 Å². The zero-order valence-corrected chi connectivity index (χ0v) is 17.5. The molecule has 30 heavy (non-hydrogen) atoms. The lowest BCUT2D eigenvalue weighted by atomic mass is 10.1. The predicted octanol–water partition coefficient (Wildman–Crippen LogP) is 4.69. The Kier molecular flexibility index (Phi) is 9.61. The van der Waals surface area contributed by atoms with Gasteiger partial charge in [-0.15, -0.1) is 6.58 Å². The van der Waals surface area contributed by atoms with E-state index >= 15 is 0 Å². The van der Waals surface area contributed by atoms with Crippen LogP contribution in [0.4, 0.5) is 0 Å². The summed E-state index contributed by atoms with van der Waals surface area (Å²) in [4.78, 5) is 24.3. The summed E-state index contributed by atoms with van der Waals surface area (Å²) in [6.07, 6.45) is 2.62. The molecule has 2 rings (SSSR count). The molecule has 1 unspecified atom stereocenters. The highest BCUT2D eigenvalue weighted by atomic mass is 16.5. The quantitative estimate of drug-likeness (QED) is 0.218. The average molecular weight is 412 g/mol. The lowest BCUT2D eigenvalue weighted by Crippen LogP contribution is -2.12. The molecule has 0 aromatic heterocycles. The molecule has 0 aliphatic rings. The zero-order valence-electron chi connectivity index (χ0n) is 17.5. The van der Waals surface area contributed by atoms with Crippen LogP contribution in [0.5, 0.6) is 11.5 Å². The second-order valence-electron chi connectivity index (χ2n) is 6.76. The van der Waals surface area contributed by atoms with Gasteiger partial charge >= 0.3 is 11.9 Å². The van der Waals surface area contributed by atoms with Crippen molar-refractivity contribution in [2.75, 3.05) is 26.4 Å². The molecule has 0 N–H and O–H groups in total. The van der Waals surface area contributed by atoms with Gasteiger partial charge < -0.3 is 18.9 Å². The summed E-state index contributed by atoms with van der Waals surface area (Å²) in [6.45, 7) is 9.36. The normalized spacial score (nSPS) is 11.4. The van der Waals surface area contributed by atoms with E-state index < -0.39 is 11.9 Å². The predicted molar refractivity (Wildman–Crippen MR) is 114 cm³/mol. The number of hydrogen-bond donors (Lipinski definition) is 0. The Hall–Kier alpha value is -3.12. The van der Waals surface area contributed by atoms with Crippen LogP contribution >= 0.6 is 0 Å². The number of carbonyl (C=O) groups excluding carboxylic acids is 2. The molecule has 0 aliphatic heterocycles. The van der Waals surface area contributed by atoms with Crippen LogP contribution in [0.1, 0.15) is 41.0 Å². The highest BCUT2D eigenvalue weighted by Gasteiger charge is 2.12. The summed E-state index contributed by atoms with van der Waals surface area (Å²) in [5.41, 5.74) is 0.805. The molecule has 6 heteroatoms. The van der Waals surface area contributed by atoms with Crippen molar-refractivity contribution in [3.8, 4) is 11.5 Å². The van der Waals surface area contributed by atoms with Gasteiger partial charge in [0, 0.05) is 0 Å². The van der Waals surface area contributed by atoms with Gasteiger partial charge in [0.15, 0.2) is 0 Å². The van der Waals surface area contributed by atoms with E-state index in [2.05, 4.69) is 6.58 Å². The molecule has 0 fully saturated rings. The summed E-state index contributed by atoms with van der Waals surface area (Å²) in [6, 6.07) is 12.9. The van der Waals surface area contributed by atoms with Gasteiger partial charge in [-0.25, -0.2) is 9.59 Å². The molecule has 160 valence electrons.